The van der Waals surface area contributed by atoms with Crippen LogP contribution in [0.25, 0.3) is 0 Å². The summed E-state index contributed by atoms with van der Waals surface area (Å²) in [5.74, 6) is 0.484. The van der Waals surface area contributed by atoms with E-state index in [0.717, 1.165) is 11.3 Å². The van der Waals surface area contributed by atoms with Crippen LogP contribution in [-0.4, -0.2) is 36.5 Å². The first kappa shape index (κ1) is 14.8. The number of amides is 1. The van der Waals surface area contributed by atoms with Crippen LogP contribution in [0, 0.1) is 0 Å². The topological polar surface area (TPSA) is 68.5 Å². The first-order valence-electron chi connectivity index (χ1n) is 6.72. The van der Waals surface area contributed by atoms with Crippen LogP contribution in [0.4, 0.5) is 5.69 Å². The van der Waals surface area contributed by atoms with Gasteiger partial charge in [-0.25, -0.2) is 0 Å². The number of pyridine rings is 1. The Kier molecular flexibility index (Phi) is 4.77. The number of hydrogen-bond acceptors (Lipinski definition) is 4. The lowest BCUT2D eigenvalue weighted by Crippen LogP contribution is -2.22. The minimum absolute atomic E-state index is 0.146. The van der Waals surface area contributed by atoms with Gasteiger partial charge in [0.05, 0.1) is 6.61 Å². The van der Waals surface area contributed by atoms with Gasteiger partial charge >= 0.3 is 0 Å². The third-order valence-corrected chi connectivity index (χ3v) is 3.05. The van der Waals surface area contributed by atoms with Crippen molar-refractivity contribution >= 4 is 11.6 Å². The second-order valence-corrected chi connectivity index (χ2v) is 4.87. The molecule has 0 bridgehead atoms. The number of aromatic nitrogens is 1. The Balaban J connectivity index is 1.96. The lowest BCUT2D eigenvalue weighted by Gasteiger charge is -2.11. The van der Waals surface area contributed by atoms with Gasteiger partial charge in [-0.05, 0) is 17.7 Å². The molecule has 2 rings (SSSR count). The zero-order valence-corrected chi connectivity index (χ0v) is 12.2. The minimum Gasteiger partial charge on any atom is -0.493 e. The van der Waals surface area contributed by atoms with Crippen LogP contribution in [0.2, 0.25) is 0 Å². The third-order valence-electron chi connectivity index (χ3n) is 3.05. The Labute approximate surface area is 124 Å². The SMILES string of the molecule is CN(C)C(=O)c1cc(OCCc2ccccc2N)ccn1. The number of nitrogens with two attached hydrogens (primary N) is 1. The number of benzene rings is 1. The lowest BCUT2D eigenvalue weighted by molar-refractivity contribution is 0.0821. The van der Waals surface area contributed by atoms with Crippen molar-refractivity contribution in [2.75, 3.05) is 26.4 Å². The molecule has 0 unspecified atom stereocenters. The van der Waals surface area contributed by atoms with E-state index in [0.29, 0.717) is 24.5 Å². The molecule has 0 atom stereocenters. The predicted molar refractivity (Wildman–Crippen MR) is 82.3 cm³/mol. The van der Waals surface area contributed by atoms with E-state index in [1.54, 1.807) is 32.4 Å². The van der Waals surface area contributed by atoms with Gasteiger partial charge in [-0.3, -0.25) is 9.78 Å². The fourth-order valence-electron chi connectivity index (χ4n) is 1.89. The van der Waals surface area contributed by atoms with Crippen molar-refractivity contribution in [3.8, 4) is 5.75 Å². The number of ether oxygens (including phenoxy) is 1. The van der Waals surface area contributed by atoms with Crippen LogP contribution < -0.4 is 10.5 Å². The summed E-state index contributed by atoms with van der Waals surface area (Å²) >= 11 is 0. The number of carbonyl (C=O) groups is 1. The number of nitrogen functional groups attached to an aromatic ring is 1. The number of rotatable bonds is 5. The van der Waals surface area contributed by atoms with Crippen LogP contribution in [-0.2, 0) is 6.42 Å². The molecule has 0 saturated heterocycles. The Morgan fingerprint density at radius 2 is 2.05 bits per heavy atom. The summed E-state index contributed by atoms with van der Waals surface area (Å²) in [5, 5.41) is 0. The molecule has 1 aromatic heterocycles. The maximum Gasteiger partial charge on any atom is 0.272 e. The van der Waals surface area contributed by atoms with Gasteiger partial charge < -0.3 is 15.4 Å². The molecule has 5 heteroatoms. The van der Waals surface area contributed by atoms with Gasteiger partial charge in [-0.2, -0.15) is 0 Å². The van der Waals surface area contributed by atoms with Gasteiger partial charge in [-0.15, -0.1) is 0 Å². The van der Waals surface area contributed by atoms with E-state index >= 15 is 0 Å². The number of nitrogens with zero attached hydrogens (tertiary/aromatic N) is 2. The molecule has 21 heavy (non-hydrogen) atoms. The van der Waals surface area contributed by atoms with E-state index in [1.165, 1.54) is 4.90 Å². The number of anilines is 1. The normalized spacial score (nSPS) is 10.2. The first-order chi connectivity index (χ1) is 10.1. The quantitative estimate of drug-likeness (QED) is 0.853. The van der Waals surface area contributed by atoms with Crippen LogP contribution in [0.1, 0.15) is 16.1 Å². The third kappa shape index (κ3) is 3.95. The van der Waals surface area contributed by atoms with Gasteiger partial charge in [0.2, 0.25) is 0 Å². The zero-order valence-electron chi connectivity index (χ0n) is 12.2. The largest absolute Gasteiger partial charge is 0.493 e. The highest BCUT2D eigenvalue weighted by molar-refractivity contribution is 5.92. The van der Waals surface area contributed by atoms with Crippen LogP contribution in [0.3, 0.4) is 0 Å². The fraction of sp³-hybridized carbons (Fsp3) is 0.250. The van der Waals surface area contributed by atoms with Crippen molar-refractivity contribution in [2.24, 2.45) is 0 Å². The minimum atomic E-state index is -0.146. The van der Waals surface area contributed by atoms with Gasteiger partial charge in [0.1, 0.15) is 11.4 Å². The molecule has 5 nitrogen and oxygen atoms in total. The average Bonchev–Trinajstić information content (AvgIpc) is 2.48. The summed E-state index contributed by atoms with van der Waals surface area (Å²) in [6.07, 6.45) is 2.29. The van der Waals surface area contributed by atoms with E-state index in [2.05, 4.69) is 4.98 Å². The van der Waals surface area contributed by atoms with E-state index < -0.39 is 0 Å². The van der Waals surface area contributed by atoms with Crippen molar-refractivity contribution in [1.82, 2.24) is 9.88 Å². The Morgan fingerprint density at radius 3 is 2.76 bits per heavy atom. The highest BCUT2D eigenvalue weighted by atomic mass is 16.5. The smallest absolute Gasteiger partial charge is 0.272 e. The van der Waals surface area contributed by atoms with Crippen LogP contribution in [0.15, 0.2) is 42.6 Å². The van der Waals surface area contributed by atoms with E-state index in [1.807, 2.05) is 24.3 Å². The second-order valence-electron chi connectivity index (χ2n) is 4.87. The molecule has 0 aliphatic heterocycles. The molecule has 1 aromatic carbocycles. The van der Waals surface area contributed by atoms with Crippen LogP contribution >= 0.6 is 0 Å². The van der Waals surface area contributed by atoms with E-state index in [-0.39, 0.29) is 5.91 Å². The number of hydrogen-bond donors (Lipinski definition) is 1. The molecule has 0 saturated carbocycles. The molecule has 1 amide bonds. The molecule has 0 spiro atoms. The molecule has 0 aliphatic carbocycles. The van der Waals surface area contributed by atoms with Gasteiger partial charge in [0.15, 0.2) is 0 Å². The average molecular weight is 285 g/mol. The fourth-order valence-corrected chi connectivity index (χ4v) is 1.89. The summed E-state index contributed by atoms with van der Waals surface area (Å²) in [7, 11) is 3.38. The predicted octanol–water partition coefficient (Wildman–Crippen LogP) is 1.99. The second kappa shape index (κ2) is 6.74. The number of para-hydroxylation sites is 1. The summed E-state index contributed by atoms with van der Waals surface area (Å²) < 4.78 is 5.67. The van der Waals surface area contributed by atoms with Crippen molar-refractivity contribution < 1.29 is 9.53 Å². The molecule has 2 N–H and O–H groups in total. The van der Waals surface area contributed by atoms with Gasteiger partial charge in [-0.1, -0.05) is 18.2 Å². The van der Waals surface area contributed by atoms with E-state index in [4.69, 9.17) is 10.5 Å². The first-order valence-corrected chi connectivity index (χ1v) is 6.72. The molecule has 2 aromatic rings. The molecule has 1 heterocycles. The van der Waals surface area contributed by atoms with Crippen LogP contribution in [0.5, 0.6) is 5.75 Å². The van der Waals surface area contributed by atoms with Crippen molar-refractivity contribution in [2.45, 2.75) is 6.42 Å². The highest BCUT2D eigenvalue weighted by Crippen LogP contribution is 2.15. The monoisotopic (exact) mass is 285 g/mol. The lowest BCUT2D eigenvalue weighted by atomic mass is 10.1. The van der Waals surface area contributed by atoms with Gasteiger partial charge in [0.25, 0.3) is 5.91 Å². The molecule has 110 valence electrons. The Bertz CT molecular complexity index is 626. The maximum absolute atomic E-state index is 11.8. The Hall–Kier alpha value is -2.56. The summed E-state index contributed by atoms with van der Waals surface area (Å²) in [6, 6.07) is 11.1. The number of carbonyl (C=O) groups excluding carboxylic acids is 1. The van der Waals surface area contributed by atoms with Gasteiger partial charge in [0, 0.05) is 38.5 Å². The molecule has 0 fully saturated rings. The molecule has 0 aliphatic rings. The summed E-state index contributed by atoms with van der Waals surface area (Å²) in [6.45, 7) is 0.494. The zero-order chi connectivity index (χ0) is 15.2. The van der Waals surface area contributed by atoms with Crippen molar-refractivity contribution in [3.63, 3.8) is 0 Å². The summed E-state index contributed by atoms with van der Waals surface area (Å²) in [4.78, 5) is 17.4. The highest BCUT2D eigenvalue weighted by Gasteiger charge is 2.10. The van der Waals surface area contributed by atoms with Crippen molar-refractivity contribution in [1.29, 1.82) is 0 Å². The molecular weight excluding hydrogens is 266 g/mol. The summed E-state index contributed by atoms with van der Waals surface area (Å²) in [5.41, 5.74) is 8.07. The van der Waals surface area contributed by atoms with Crippen molar-refractivity contribution in [3.05, 3.63) is 53.9 Å². The molecule has 0 radical (unpaired) electrons. The maximum atomic E-state index is 11.8. The Morgan fingerprint density at radius 1 is 1.29 bits per heavy atom. The molecular formula is C16H19N3O2. The standard InChI is InChI=1S/C16H19N3O2/c1-19(2)16(20)15-11-13(7-9-18-15)21-10-8-12-5-3-4-6-14(12)17/h3-7,9,11H,8,10,17H2,1-2H3. The van der Waals surface area contributed by atoms with E-state index in [9.17, 15) is 4.79 Å².